The van der Waals surface area contributed by atoms with E-state index in [4.69, 9.17) is 17.3 Å². The molecule has 1 aromatic carbocycles. The van der Waals surface area contributed by atoms with Crippen molar-refractivity contribution in [3.05, 3.63) is 47.2 Å². The van der Waals surface area contributed by atoms with E-state index in [1.54, 1.807) is 41.0 Å². The van der Waals surface area contributed by atoms with Gasteiger partial charge in [-0.3, -0.25) is 4.79 Å². The van der Waals surface area contributed by atoms with Gasteiger partial charge in [-0.1, -0.05) is 31.5 Å². The zero-order valence-corrected chi connectivity index (χ0v) is 14.5. The molecule has 0 saturated carbocycles. The lowest BCUT2D eigenvalue weighted by molar-refractivity contribution is 0.0783. The summed E-state index contributed by atoms with van der Waals surface area (Å²) in [7, 11) is 1.77. The Kier molecular flexibility index (Phi) is 5.80. The topological polar surface area (TPSA) is 64.2 Å². The van der Waals surface area contributed by atoms with Crippen LogP contribution in [-0.4, -0.2) is 40.2 Å². The van der Waals surface area contributed by atoms with Crippen molar-refractivity contribution in [1.82, 2.24) is 14.7 Å². The average molecular weight is 335 g/mol. The first-order valence-corrected chi connectivity index (χ1v) is 8.09. The highest BCUT2D eigenvalue weighted by atomic mass is 35.5. The van der Waals surface area contributed by atoms with Gasteiger partial charge in [-0.15, -0.1) is 0 Å². The zero-order chi connectivity index (χ0) is 17.0. The van der Waals surface area contributed by atoms with Crippen LogP contribution in [0.5, 0.6) is 0 Å². The monoisotopic (exact) mass is 334 g/mol. The molecule has 0 aliphatic heterocycles. The number of nitrogens with two attached hydrogens (primary N) is 1. The average Bonchev–Trinajstić information content (AvgIpc) is 3.01. The van der Waals surface area contributed by atoms with Gasteiger partial charge in [-0.2, -0.15) is 5.10 Å². The minimum atomic E-state index is -0.110. The van der Waals surface area contributed by atoms with Crippen LogP contribution in [0.25, 0.3) is 5.69 Å². The molecule has 0 saturated heterocycles. The number of amides is 1. The predicted octanol–water partition coefficient (Wildman–Crippen LogP) is 2.97. The number of rotatable bonds is 6. The Morgan fingerprint density at radius 1 is 1.39 bits per heavy atom. The first-order valence-electron chi connectivity index (χ1n) is 7.71. The van der Waals surface area contributed by atoms with Crippen molar-refractivity contribution >= 4 is 17.5 Å². The van der Waals surface area contributed by atoms with E-state index in [0.717, 1.165) is 12.1 Å². The van der Waals surface area contributed by atoms with Crippen LogP contribution < -0.4 is 5.73 Å². The van der Waals surface area contributed by atoms with Crippen LogP contribution in [0.3, 0.4) is 0 Å². The van der Waals surface area contributed by atoms with Crippen molar-refractivity contribution in [3.8, 4) is 5.69 Å². The molecule has 2 aromatic rings. The molecule has 0 aliphatic carbocycles. The van der Waals surface area contributed by atoms with Crippen LogP contribution in [0.1, 0.15) is 30.8 Å². The second kappa shape index (κ2) is 7.62. The first-order chi connectivity index (χ1) is 10.9. The number of aromatic nitrogens is 2. The third-order valence-electron chi connectivity index (χ3n) is 3.88. The van der Waals surface area contributed by atoms with Gasteiger partial charge < -0.3 is 10.6 Å². The van der Waals surface area contributed by atoms with Crippen LogP contribution in [0, 0.1) is 5.92 Å². The van der Waals surface area contributed by atoms with Gasteiger partial charge in [-0.25, -0.2) is 4.68 Å². The number of halogens is 1. The maximum atomic E-state index is 12.4. The summed E-state index contributed by atoms with van der Waals surface area (Å²) in [6.07, 6.45) is 2.53. The quantitative estimate of drug-likeness (QED) is 0.883. The van der Waals surface area contributed by atoms with Crippen molar-refractivity contribution in [3.63, 3.8) is 0 Å². The fourth-order valence-electron chi connectivity index (χ4n) is 2.17. The van der Waals surface area contributed by atoms with E-state index >= 15 is 0 Å². The lowest BCUT2D eigenvalue weighted by atomic mass is 10.0. The minimum absolute atomic E-state index is 0.0919. The molecule has 0 spiro atoms. The molecule has 23 heavy (non-hydrogen) atoms. The molecule has 0 fully saturated rings. The van der Waals surface area contributed by atoms with E-state index in [2.05, 4.69) is 18.9 Å². The Bertz CT molecular complexity index is 668. The molecule has 1 heterocycles. The third kappa shape index (κ3) is 4.56. The van der Waals surface area contributed by atoms with Crippen LogP contribution in [0.2, 0.25) is 5.02 Å². The Morgan fingerprint density at radius 3 is 2.78 bits per heavy atom. The maximum absolute atomic E-state index is 12.4. The fourth-order valence-corrected chi connectivity index (χ4v) is 2.36. The lowest BCUT2D eigenvalue weighted by Crippen LogP contribution is -2.34. The van der Waals surface area contributed by atoms with Gasteiger partial charge in [0.25, 0.3) is 5.91 Å². The molecule has 0 aliphatic rings. The molecule has 6 heteroatoms. The summed E-state index contributed by atoms with van der Waals surface area (Å²) in [5.41, 5.74) is 7.26. The SMILES string of the molecule is CC(C)C(N)CCN(C)C(=O)c1ccn(-c2cccc(Cl)c2)n1. The summed E-state index contributed by atoms with van der Waals surface area (Å²) in [5, 5.41) is 4.97. The molecule has 124 valence electrons. The van der Waals surface area contributed by atoms with Crippen molar-refractivity contribution in [1.29, 1.82) is 0 Å². The molecule has 0 bridgehead atoms. The number of hydrogen-bond donors (Lipinski definition) is 1. The number of nitrogens with zero attached hydrogens (tertiary/aromatic N) is 3. The molecule has 2 rings (SSSR count). The largest absolute Gasteiger partial charge is 0.340 e. The van der Waals surface area contributed by atoms with Crippen molar-refractivity contribution < 1.29 is 4.79 Å². The van der Waals surface area contributed by atoms with Gasteiger partial charge in [0.2, 0.25) is 0 Å². The molecule has 0 radical (unpaired) electrons. The maximum Gasteiger partial charge on any atom is 0.274 e. The second-order valence-electron chi connectivity index (χ2n) is 6.05. The summed E-state index contributed by atoms with van der Waals surface area (Å²) in [5.74, 6) is 0.294. The first kappa shape index (κ1) is 17.5. The molecule has 2 N–H and O–H groups in total. The Morgan fingerprint density at radius 2 is 2.13 bits per heavy atom. The van der Waals surface area contributed by atoms with E-state index in [0.29, 0.717) is 23.2 Å². The number of hydrogen-bond acceptors (Lipinski definition) is 3. The fraction of sp³-hybridized carbons (Fsp3) is 0.412. The highest BCUT2D eigenvalue weighted by Crippen LogP contribution is 2.15. The van der Waals surface area contributed by atoms with Gasteiger partial charge in [0.05, 0.1) is 5.69 Å². The summed E-state index contributed by atoms with van der Waals surface area (Å²) < 4.78 is 1.65. The van der Waals surface area contributed by atoms with Gasteiger partial charge >= 0.3 is 0 Å². The smallest absolute Gasteiger partial charge is 0.274 e. The van der Waals surface area contributed by atoms with E-state index in [9.17, 15) is 4.79 Å². The Hall–Kier alpha value is -1.85. The standard InChI is InChI=1S/C17H23ClN4O/c1-12(2)15(19)7-9-21(3)17(23)16-8-10-22(20-16)14-6-4-5-13(18)11-14/h4-6,8,10-12,15H,7,9,19H2,1-3H3. The normalized spacial score (nSPS) is 12.4. The summed E-state index contributed by atoms with van der Waals surface area (Å²) in [4.78, 5) is 14.1. The second-order valence-corrected chi connectivity index (χ2v) is 6.49. The van der Waals surface area contributed by atoms with Gasteiger partial charge in [-0.05, 0) is 36.6 Å². The number of benzene rings is 1. The van der Waals surface area contributed by atoms with E-state index in [1.807, 2.05) is 12.1 Å². The molecule has 5 nitrogen and oxygen atoms in total. The van der Waals surface area contributed by atoms with E-state index in [1.165, 1.54) is 0 Å². The van der Waals surface area contributed by atoms with Crippen molar-refractivity contribution in [2.75, 3.05) is 13.6 Å². The van der Waals surface area contributed by atoms with Crippen molar-refractivity contribution in [2.24, 2.45) is 11.7 Å². The minimum Gasteiger partial charge on any atom is -0.340 e. The molecular weight excluding hydrogens is 312 g/mol. The van der Waals surface area contributed by atoms with Gasteiger partial charge in [0.1, 0.15) is 0 Å². The Labute approximate surface area is 142 Å². The van der Waals surface area contributed by atoms with Gasteiger partial charge in [0, 0.05) is 30.9 Å². The van der Waals surface area contributed by atoms with E-state index < -0.39 is 0 Å². The van der Waals surface area contributed by atoms with Crippen molar-refractivity contribution in [2.45, 2.75) is 26.3 Å². The van der Waals surface area contributed by atoms with Crippen LogP contribution >= 0.6 is 11.6 Å². The van der Waals surface area contributed by atoms with Crippen LogP contribution in [0.4, 0.5) is 0 Å². The summed E-state index contributed by atoms with van der Waals surface area (Å²) >= 11 is 5.98. The predicted molar refractivity (Wildman–Crippen MR) is 93.0 cm³/mol. The third-order valence-corrected chi connectivity index (χ3v) is 4.12. The number of carbonyl (C=O) groups is 1. The van der Waals surface area contributed by atoms with Crippen LogP contribution in [-0.2, 0) is 0 Å². The molecule has 1 amide bonds. The molecular formula is C17H23ClN4O. The highest BCUT2D eigenvalue weighted by molar-refractivity contribution is 6.30. The molecule has 1 atom stereocenters. The molecule has 1 aromatic heterocycles. The van der Waals surface area contributed by atoms with Crippen LogP contribution in [0.15, 0.2) is 36.5 Å². The summed E-state index contributed by atoms with van der Waals surface area (Å²) in [6, 6.07) is 9.13. The lowest BCUT2D eigenvalue weighted by Gasteiger charge is -2.20. The number of carbonyl (C=O) groups excluding carboxylic acids is 1. The molecule has 1 unspecified atom stereocenters. The highest BCUT2D eigenvalue weighted by Gasteiger charge is 2.17. The summed E-state index contributed by atoms with van der Waals surface area (Å²) in [6.45, 7) is 4.78. The zero-order valence-electron chi connectivity index (χ0n) is 13.7. The van der Waals surface area contributed by atoms with E-state index in [-0.39, 0.29) is 11.9 Å². The van der Waals surface area contributed by atoms with Gasteiger partial charge in [0.15, 0.2) is 5.69 Å². The Balaban J connectivity index is 2.03.